The molecule has 0 aliphatic heterocycles. The lowest BCUT2D eigenvalue weighted by Crippen LogP contribution is -2.20. The van der Waals surface area contributed by atoms with Gasteiger partial charge >= 0.3 is 12.1 Å². The summed E-state index contributed by atoms with van der Waals surface area (Å²) in [6.45, 7) is -0.956. The van der Waals surface area contributed by atoms with Gasteiger partial charge in [-0.3, -0.25) is 4.79 Å². The topological polar surface area (TPSA) is 89.5 Å². The van der Waals surface area contributed by atoms with Crippen LogP contribution in [0.25, 0.3) is 0 Å². The van der Waals surface area contributed by atoms with Crippen LogP contribution in [0.3, 0.4) is 0 Å². The number of carbonyl (C=O) groups is 2. The maximum Gasteiger partial charge on any atom is 0.416 e. The third kappa shape index (κ3) is 4.93. The number of halogens is 4. The molecule has 0 fully saturated rings. The Morgan fingerprint density at radius 2 is 1.79 bits per heavy atom. The number of Topliss-reactive ketones (excluding diaryl/α,β-unsaturated/α-hetero) is 1. The van der Waals surface area contributed by atoms with E-state index in [4.69, 9.17) is 0 Å². The summed E-state index contributed by atoms with van der Waals surface area (Å²) in [5, 5.41) is 0. The molecule has 0 spiro atoms. The monoisotopic (exact) mass is 419 g/mol. The standard InChI is InChI=1S/C17H13F4NO5S/c1-22-28(25,26)12-5-6-14(18)13(8-12)16(24)27-9-15(23)10-3-2-4-11(7-10)17(19,20)21/h2-8,22H,9H2,1H3. The van der Waals surface area contributed by atoms with Crippen molar-refractivity contribution >= 4 is 21.8 Å². The largest absolute Gasteiger partial charge is 0.454 e. The fourth-order valence-electron chi connectivity index (χ4n) is 2.11. The second kappa shape index (κ2) is 8.07. The first-order chi connectivity index (χ1) is 13.0. The lowest BCUT2D eigenvalue weighted by Gasteiger charge is -2.09. The number of rotatable bonds is 6. The van der Waals surface area contributed by atoms with Gasteiger partial charge in [-0.25, -0.2) is 22.3 Å². The first-order valence-electron chi connectivity index (χ1n) is 7.56. The summed E-state index contributed by atoms with van der Waals surface area (Å²) in [5.74, 6) is -3.38. The van der Waals surface area contributed by atoms with E-state index < -0.39 is 56.4 Å². The van der Waals surface area contributed by atoms with Crippen LogP contribution < -0.4 is 4.72 Å². The van der Waals surface area contributed by atoms with Crippen molar-refractivity contribution in [2.45, 2.75) is 11.1 Å². The van der Waals surface area contributed by atoms with Crippen molar-refractivity contribution in [3.05, 3.63) is 65.0 Å². The molecular formula is C17H13F4NO5S. The highest BCUT2D eigenvalue weighted by atomic mass is 32.2. The number of sulfonamides is 1. The van der Waals surface area contributed by atoms with Crippen molar-refractivity contribution in [3.63, 3.8) is 0 Å². The summed E-state index contributed by atoms with van der Waals surface area (Å²) in [5.41, 5.74) is -2.15. The predicted molar refractivity (Wildman–Crippen MR) is 88.7 cm³/mol. The molecule has 0 aliphatic carbocycles. The number of carbonyl (C=O) groups excluding carboxylic acids is 2. The summed E-state index contributed by atoms with van der Waals surface area (Å²) < 4.78 is 81.9. The minimum Gasteiger partial charge on any atom is -0.454 e. The van der Waals surface area contributed by atoms with Crippen LogP contribution in [0.15, 0.2) is 47.4 Å². The molecule has 0 bridgehead atoms. The summed E-state index contributed by atoms with van der Waals surface area (Å²) >= 11 is 0. The van der Waals surface area contributed by atoms with Gasteiger partial charge in [-0.1, -0.05) is 12.1 Å². The number of alkyl halides is 3. The second-order valence-electron chi connectivity index (χ2n) is 5.43. The van der Waals surface area contributed by atoms with Crippen LogP contribution in [0.5, 0.6) is 0 Å². The molecular weight excluding hydrogens is 406 g/mol. The Labute approximate surface area is 157 Å². The van der Waals surface area contributed by atoms with Crippen LogP contribution in [-0.4, -0.2) is 33.8 Å². The quantitative estimate of drug-likeness (QED) is 0.442. The van der Waals surface area contributed by atoms with Gasteiger partial charge in [0.05, 0.1) is 16.0 Å². The highest BCUT2D eigenvalue weighted by molar-refractivity contribution is 7.89. The maximum atomic E-state index is 13.8. The third-order valence-corrected chi connectivity index (χ3v) is 4.99. The van der Waals surface area contributed by atoms with E-state index in [2.05, 4.69) is 4.74 Å². The van der Waals surface area contributed by atoms with E-state index in [0.717, 1.165) is 43.4 Å². The van der Waals surface area contributed by atoms with E-state index in [1.165, 1.54) is 0 Å². The lowest BCUT2D eigenvalue weighted by atomic mass is 10.1. The molecule has 0 amide bonds. The third-order valence-electron chi connectivity index (χ3n) is 3.58. The number of nitrogens with one attached hydrogen (secondary N) is 1. The summed E-state index contributed by atoms with van der Waals surface area (Å²) in [7, 11) is -2.85. The molecule has 28 heavy (non-hydrogen) atoms. The number of ketones is 1. The zero-order chi connectivity index (χ0) is 21.1. The highest BCUT2D eigenvalue weighted by Crippen LogP contribution is 2.29. The molecule has 2 aromatic rings. The van der Waals surface area contributed by atoms with Gasteiger partial charge in [0.1, 0.15) is 5.82 Å². The normalized spacial score (nSPS) is 11.9. The first kappa shape index (κ1) is 21.5. The molecule has 0 saturated carbocycles. The highest BCUT2D eigenvalue weighted by Gasteiger charge is 2.31. The van der Waals surface area contributed by atoms with Crippen LogP contribution >= 0.6 is 0 Å². The molecule has 0 heterocycles. The number of ether oxygens (including phenoxy) is 1. The van der Waals surface area contributed by atoms with Gasteiger partial charge in [-0.05, 0) is 37.4 Å². The van der Waals surface area contributed by atoms with Crippen molar-refractivity contribution in [2.75, 3.05) is 13.7 Å². The van der Waals surface area contributed by atoms with Crippen LogP contribution in [0.2, 0.25) is 0 Å². The fourth-order valence-corrected chi connectivity index (χ4v) is 2.86. The van der Waals surface area contributed by atoms with Gasteiger partial charge in [0.2, 0.25) is 10.0 Å². The average molecular weight is 419 g/mol. The van der Waals surface area contributed by atoms with Crippen molar-refractivity contribution in [1.82, 2.24) is 4.72 Å². The molecule has 0 unspecified atom stereocenters. The van der Waals surface area contributed by atoms with Crippen LogP contribution in [0, 0.1) is 5.82 Å². The Hall–Kier alpha value is -2.79. The Morgan fingerprint density at radius 3 is 2.39 bits per heavy atom. The van der Waals surface area contributed by atoms with Crippen molar-refractivity contribution in [2.24, 2.45) is 0 Å². The number of hydrogen-bond acceptors (Lipinski definition) is 5. The fraction of sp³-hybridized carbons (Fsp3) is 0.176. The molecule has 2 aromatic carbocycles. The smallest absolute Gasteiger partial charge is 0.416 e. The van der Waals surface area contributed by atoms with E-state index in [1.807, 2.05) is 4.72 Å². The van der Waals surface area contributed by atoms with Gasteiger partial charge in [-0.15, -0.1) is 0 Å². The molecule has 6 nitrogen and oxygen atoms in total. The molecule has 150 valence electrons. The van der Waals surface area contributed by atoms with Crippen LogP contribution in [0.4, 0.5) is 17.6 Å². The Balaban J connectivity index is 2.17. The molecule has 11 heteroatoms. The van der Waals surface area contributed by atoms with E-state index >= 15 is 0 Å². The molecule has 1 N–H and O–H groups in total. The van der Waals surface area contributed by atoms with E-state index in [0.29, 0.717) is 6.07 Å². The van der Waals surface area contributed by atoms with Gasteiger partial charge in [-0.2, -0.15) is 13.2 Å². The van der Waals surface area contributed by atoms with E-state index in [-0.39, 0.29) is 5.56 Å². The SMILES string of the molecule is CNS(=O)(=O)c1ccc(F)c(C(=O)OCC(=O)c2cccc(C(F)(F)F)c2)c1. The summed E-state index contributed by atoms with van der Waals surface area (Å²) in [6.07, 6.45) is -4.66. The molecule has 0 atom stereocenters. The number of benzene rings is 2. The van der Waals surface area contributed by atoms with Crippen molar-refractivity contribution in [3.8, 4) is 0 Å². The molecule has 0 saturated heterocycles. The molecule has 0 aromatic heterocycles. The molecule has 0 aliphatic rings. The molecule has 2 rings (SSSR count). The predicted octanol–water partition coefficient (Wildman–Crippen LogP) is 2.79. The van der Waals surface area contributed by atoms with Gasteiger partial charge in [0.15, 0.2) is 12.4 Å². The summed E-state index contributed by atoms with van der Waals surface area (Å²) in [6, 6.07) is 5.86. The van der Waals surface area contributed by atoms with Crippen molar-refractivity contribution < 1.29 is 40.3 Å². The first-order valence-corrected chi connectivity index (χ1v) is 9.04. The number of esters is 1. The van der Waals surface area contributed by atoms with Gasteiger partial charge in [0.25, 0.3) is 0 Å². The summed E-state index contributed by atoms with van der Waals surface area (Å²) in [4.78, 5) is 23.5. The van der Waals surface area contributed by atoms with Gasteiger partial charge in [0, 0.05) is 5.56 Å². The zero-order valence-electron chi connectivity index (χ0n) is 14.2. The molecule has 0 radical (unpaired) electrons. The average Bonchev–Trinajstić information content (AvgIpc) is 2.65. The second-order valence-corrected chi connectivity index (χ2v) is 7.31. The van der Waals surface area contributed by atoms with E-state index in [9.17, 15) is 35.6 Å². The Kier molecular flexibility index (Phi) is 6.20. The zero-order valence-corrected chi connectivity index (χ0v) is 15.0. The van der Waals surface area contributed by atoms with Crippen LogP contribution in [-0.2, 0) is 20.9 Å². The van der Waals surface area contributed by atoms with E-state index in [1.54, 1.807) is 0 Å². The number of hydrogen-bond donors (Lipinski definition) is 1. The minimum atomic E-state index is -4.66. The van der Waals surface area contributed by atoms with Crippen LogP contribution in [0.1, 0.15) is 26.3 Å². The van der Waals surface area contributed by atoms with Gasteiger partial charge < -0.3 is 4.74 Å². The lowest BCUT2D eigenvalue weighted by molar-refractivity contribution is -0.137. The Morgan fingerprint density at radius 1 is 1.11 bits per heavy atom. The van der Waals surface area contributed by atoms with Crippen molar-refractivity contribution in [1.29, 1.82) is 0 Å². The maximum absolute atomic E-state index is 13.8. The Bertz CT molecular complexity index is 1020. The minimum absolute atomic E-state index is 0.352.